The standard InChI is InChI=1S/C19H23NO4S/c1-24-19-12-9-16(13-18(19)21)20-25(22,23)17-10-7-15(8-11-17)14-5-3-2-4-6-14/h7-14,20-21H,2-6H2,1H3. The van der Waals surface area contributed by atoms with Gasteiger partial charge in [0.15, 0.2) is 11.5 Å². The number of hydrogen-bond acceptors (Lipinski definition) is 4. The smallest absolute Gasteiger partial charge is 0.261 e. The second-order valence-corrected chi connectivity index (χ2v) is 8.08. The highest BCUT2D eigenvalue weighted by molar-refractivity contribution is 7.92. The SMILES string of the molecule is COc1ccc(NS(=O)(=O)c2ccc(C3CCCCC3)cc2)cc1O. The van der Waals surface area contributed by atoms with Gasteiger partial charge in [-0.3, -0.25) is 4.72 Å². The van der Waals surface area contributed by atoms with Crippen LogP contribution in [-0.4, -0.2) is 20.6 Å². The van der Waals surface area contributed by atoms with E-state index in [1.807, 2.05) is 12.1 Å². The Bertz CT molecular complexity index is 825. The molecular formula is C19H23NO4S. The number of sulfonamides is 1. The Balaban J connectivity index is 1.76. The van der Waals surface area contributed by atoms with Gasteiger partial charge in [0, 0.05) is 6.07 Å². The summed E-state index contributed by atoms with van der Waals surface area (Å²) in [6.45, 7) is 0. The van der Waals surface area contributed by atoms with Gasteiger partial charge in [-0.25, -0.2) is 8.42 Å². The van der Waals surface area contributed by atoms with E-state index in [0.29, 0.717) is 11.7 Å². The van der Waals surface area contributed by atoms with Crippen molar-refractivity contribution in [3.05, 3.63) is 48.0 Å². The van der Waals surface area contributed by atoms with Crippen LogP contribution < -0.4 is 9.46 Å². The maximum absolute atomic E-state index is 12.5. The van der Waals surface area contributed by atoms with Gasteiger partial charge in [-0.05, 0) is 48.6 Å². The molecule has 1 fully saturated rings. The molecule has 0 aromatic heterocycles. The Morgan fingerprint density at radius 1 is 1.04 bits per heavy atom. The quantitative estimate of drug-likeness (QED) is 0.835. The second-order valence-electron chi connectivity index (χ2n) is 6.40. The second kappa shape index (κ2) is 7.35. The van der Waals surface area contributed by atoms with Gasteiger partial charge in [0.1, 0.15) is 0 Å². The number of rotatable bonds is 5. The fourth-order valence-corrected chi connectivity index (χ4v) is 4.37. The Morgan fingerprint density at radius 2 is 1.72 bits per heavy atom. The van der Waals surface area contributed by atoms with Crippen molar-refractivity contribution >= 4 is 15.7 Å². The van der Waals surface area contributed by atoms with Crippen molar-refractivity contribution in [2.24, 2.45) is 0 Å². The van der Waals surface area contributed by atoms with E-state index in [2.05, 4.69) is 4.72 Å². The van der Waals surface area contributed by atoms with Gasteiger partial charge in [-0.1, -0.05) is 31.4 Å². The first-order valence-electron chi connectivity index (χ1n) is 8.49. The van der Waals surface area contributed by atoms with Crippen LogP contribution in [0.4, 0.5) is 5.69 Å². The van der Waals surface area contributed by atoms with Crippen molar-refractivity contribution < 1.29 is 18.3 Å². The first-order valence-corrected chi connectivity index (χ1v) is 9.98. The van der Waals surface area contributed by atoms with Gasteiger partial charge in [0.25, 0.3) is 10.0 Å². The summed E-state index contributed by atoms with van der Waals surface area (Å²) in [7, 11) is -2.26. The Morgan fingerprint density at radius 3 is 2.32 bits per heavy atom. The minimum atomic E-state index is -3.70. The van der Waals surface area contributed by atoms with Crippen LogP contribution in [0.1, 0.15) is 43.6 Å². The maximum Gasteiger partial charge on any atom is 0.261 e. The number of ether oxygens (including phenoxy) is 1. The van der Waals surface area contributed by atoms with Crippen LogP contribution in [0.2, 0.25) is 0 Å². The van der Waals surface area contributed by atoms with Gasteiger partial charge in [0.05, 0.1) is 17.7 Å². The Kier molecular flexibility index (Phi) is 5.18. The summed E-state index contributed by atoms with van der Waals surface area (Å²) in [4.78, 5) is 0.211. The van der Waals surface area contributed by atoms with E-state index in [9.17, 15) is 13.5 Å². The highest BCUT2D eigenvalue weighted by atomic mass is 32.2. The van der Waals surface area contributed by atoms with Crippen molar-refractivity contribution in [3.8, 4) is 11.5 Å². The molecule has 5 nitrogen and oxygen atoms in total. The first-order chi connectivity index (χ1) is 12.0. The van der Waals surface area contributed by atoms with Gasteiger partial charge in [0.2, 0.25) is 0 Å². The van der Waals surface area contributed by atoms with E-state index in [-0.39, 0.29) is 16.3 Å². The predicted molar refractivity (Wildman–Crippen MR) is 97.7 cm³/mol. The van der Waals surface area contributed by atoms with Crippen LogP contribution in [0.3, 0.4) is 0 Å². The van der Waals surface area contributed by atoms with Crippen LogP contribution in [0.25, 0.3) is 0 Å². The summed E-state index contributed by atoms with van der Waals surface area (Å²) >= 11 is 0. The number of phenolic OH excluding ortho intramolecular Hbond substituents is 1. The van der Waals surface area contributed by atoms with Crippen LogP contribution in [0.15, 0.2) is 47.4 Å². The van der Waals surface area contributed by atoms with Crippen LogP contribution >= 0.6 is 0 Å². The van der Waals surface area contributed by atoms with E-state index in [0.717, 1.165) is 0 Å². The van der Waals surface area contributed by atoms with Gasteiger partial charge < -0.3 is 9.84 Å². The van der Waals surface area contributed by atoms with Crippen molar-refractivity contribution in [3.63, 3.8) is 0 Å². The third-order valence-corrected chi connectivity index (χ3v) is 6.10. The number of nitrogens with one attached hydrogen (secondary N) is 1. The third-order valence-electron chi connectivity index (χ3n) is 4.70. The molecule has 1 aliphatic carbocycles. The summed E-state index contributed by atoms with van der Waals surface area (Å²) < 4.78 is 32.5. The molecule has 0 unspecified atom stereocenters. The lowest BCUT2D eigenvalue weighted by Gasteiger charge is -2.22. The molecule has 3 rings (SSSR count). The molecule has 2 N–H and O–H groups in total. The molecule has 134 valence electrons. The lowest BCUT2D eigenvalue weighted by Crippen LogP contribution is -2.13. The fourth-order valence-electron chi connectivity index (χ4n) is 3.32. The molecule has 0 radical (unpaired) electrons. The lowest BCUT2D eigenvalue weighted by molar-refractivity contribution is 0.373. The Hall–Kier alpha value is -2.21. The molecule has 0 spiro atoms. The number of methoxy groups -OCH3 is 1. The average molecular weight is 361 g/mol. The summed E-state index contributed by atoms with van der Waals surface area (Å²) in [5, 5.41) is 9.78. The molecule has 0 amide bonds. The highest BCUT2D eigenvalue weighted by Crippen LogP contribution is 2.33. The van der Waals surface area contributed by atoms with Crippen molar-refractivity contribution in [2.45, 2.75) is 42.9 Å². The van der Waals surface area contributed by atoms with E-state index in [1.165, 1.54) is 56.9 Å². The molecule has 2 aromatic rings. The summed E-state index contributed by atoms with van der Waals surface area (Å²) in [5.41, 5.74) is 1.50. The van der Waals surface area contributed by atoms with Crippen molar-refractivity contribution in [1.29, 1.82) is 0 Å². The number of aromatic hydroxyl groups is 1. The van der Waals surface area contributed by atoms with Crippen molar-refractivity contribution in [2.75, 3.05) is 11.8 Å². The van der Waals surface area contributed by atoms with E-state index in [4.69, 9.17) is 4.74 Å². The lowest BCUT2D eigenvalue weighted by atomic mass is 9.84. The normalized spacial score (nSPS) is 15.7. The van der Waals surface area contributed by atoms with E-state index < -0.39 is 10.0 Å². The molecule has 0 bridgehead atoms. The molecule has 0 heterocycles. The molecular weight excluding hydrogens is 338 g/mol. The van der Waals surface area contributed by atoms with E-state index >= 15 is 0 Å². The van der Waals surface area contributed by atoms with Gasteiger partial charge >= 0.3 is 0 Å². The summed E-state index contributed by atoms with van der Waals surface area (Å²) in [6, 6.07) is 11.5. The molecule has 0 saturated heterocycles. The predicted octanol–water partition coefficient (Wildman–Crippen LogP) is 4.25. The number of phenols is 1. The molecule has 1 aliphatic rings. The average Bonchev–Trinajstić information content (AvgIpc) is 2.62. The van der Waals surface area contributed by atoms with Crippen molar-refractivity contribution in [1.82, 2.24) is 0 Å². The minimum absolute atomic E-state index is 0.115. The molecule has 0 atom stereocenters. The van der Waals surface area contributed by atoms with Gasteiger partial charge in [-0.2, -0.15) is 0 Å². The highest BCUT2D eigenvalue weighted by Gasteiger charge is 2.18. The van der Waals surface area contributed by atoms with Crippen LogP contribution in [0, 0.1) is 0 Å². The minimum Gasteiger partial charge on any atom is -0.504 e. The number of hydrogen-bond donors (Lipinski definition) is 2. The molecule has 1 saturated carbocycles. The zero-order valence-electron chi connectivity index (χ0n) is 14.2. The van der Waals surface area contributed by atoms with Crippen LogP contribution in [0.5, 0.6) is 11.5 Å². The molecule has 25 heavy (non-hydrogen) atoms. The first kappa shape index (κ1) is 17.6. The summed E-state index contributed by atoms with van der Waals surface area (Å²) in [5.74, 6) is 0.715. The number of benzene rings is 2. The third kappa shape index (κ3) is 4.07. The molecule has 2 aromatic carbocycles. The summed E-state index contributed by atoms with van der Waals surface area (Å²) in [6.07, 6.45) is 6.13. The zero-order chi connectivity index (χ0) is 17.9. The topological polar surface area (TPSA) is 75.6 Å². The zero-order valence-corrected chi connectivity index (χ0v) is 15.1. The molecule has 6 heteroatoms. The maximum atomic E-state index is 12.5. The van der Waals surface area contributed by atoms with Crippen LogP contribution in [-0.2, 0) is 10.0 Å². The Labute approximate surface area is 148 Å². The van der Waals surface area contributed by atoms with Gasteiger partial charge in [-0.15, -0.1) is 0 Å². The fraction of sp³-hybridized carbons (Fsp3) is 0.368. The van der Waals surface area contributed by atoms with E-state index in [1.54, 1.807) is 18.2 Å². The monoisotopic (exact) mass is 361 g/mol. The number of anilines is 1. The molecule has 0 aliphatic heterocycles. The largest absolute Gasteiger partial charge is 0.504 e.